The molecule has 0 saturated carbocycles. The Morgan fingerprint density at radius 1 is 1.45 bits per heavy atom. The molecule has 2 N–H and O–H groups in total. The van der Waals surface area contributed by atoms with Gasteiger partial charge in [0, 0.05) is 30.3 Å². The van der Waals surface area contributed by atoms with Crippen LogP contribution in [0.15, 0.2) is 18.2 Å². The second-order valence-corrected chi connectivity index (χ2v) is 5.88. The van der Waals surface area contributed by atoms with E-state index in [1.807, 2.05) is 12.1 Å². The molecule has 110 valence electrons. The van der Waals surface area contributed by atoms with Gasteiger partial charge in [-0.3, -0.25) is 15.0 Å². The number of nitrogens with two attached hydrogens (primary N) is 1. The molecule has 1 saturated heterocycles. The van der Waals surface area contributed by atoms with Crippen LogP contribution < -0.4 is 5.73 Å². The summed E-state index contributed by atoms with van der Waals surface area (Å²) in [6.45, 7) is 7.91. The smallest absolute Gasteiger partial charge is 0.272 e. The molecule has 1 fully saturated rings. The van der Waals surface area contributed by atoms with E-state index in [1.54, 1.807) is 13.0 Å². The van der Waals surface area contributed by atoms with Crippen LogP contribution in [0, 0.1) is 23.0 Å². The number of hydrogen-bond donors (Lipinski definition) is 1. The van der Waals surface area contributed by atoms with Crippen molar-refractivity contribution in [3.8, 4) is 0 Å². The molecule has 0 aromatic heterocycles. The molecule has 0 spiro atoms. The normalized spacial score (nSPS) is 22.7. The monoisotopic (exact) mass is 277 g/mol. The number of nitro groups is 1. The molecule has 0 aliphatic carbocycles. The van der Waals surface area contributed by atoms with Gasteiger partial charge in [0.2, 0.25) is 0 Å². The van der Waals surface area contributed by atoms with Gasteiger partial charge < -0.3 is 5.73 Å². The summed E-state index contributed by atoms with van der Waals surface area (Å²) >= 11 is 0. The Balaban J connectivity index is 2.16. The number of nitro benzene ring substituents is 1. The minimum absolute atomic E-state index is 0.193. The van der Waals surface area contributed by atoms with E-state index < -0.39 is 0 Å². The summed E-state index contributed by atoms with van der Waals surface area (Å²) in [5, 5.41) is 11.0. The maximum Gasteiger partial charge on any atom is 0.272 e. The molecule has 1 aliphatic rings. The van der Waals surface area contributed by atoms with Gasteiger partial charge in [-0.1, -0.05) is 12.1 Å². The Bertz CT molecular complexity index is 502. The summed E-state index contributed by atoms with van der Waals surface area (Å²) in [6.07, 6.45) is 1.11. The van der Waals surface area contributed by atoms with Gasteiger partial charge in [0.1, 0.15) is 0 Å². The fourth-order valence-electron chi connectivity index (χ4n) is 2.89. The third-order valence-electron chi connectivity index (χ3n) is 4.46. The fourth-order valence-corrected chi connectivity index (χ4v) is 2.89. The second-order valence-electron chi connectivity index (χ2n) is 5.88. The van der Waals surface area contributed by atoms with Crippen molar-refractivity contribution in [1.29, 1.82) is 0 Å². The van der Waals surface area contributed by atoms with Crippen LogP contribution in [0.2, 0.25) is 0 Å². The van der Waals surface area contributed by atoms with Crippen LogP contribution in [0.5, 0.6) is 0 Å². The lowest BCUT2D eigenvalue weighted by Crippen LogP contribution is -2.31. The van der Waals surface area contributed by atoms with Crippen molar-refractivity contribution < 1.29 is 4.92 Å². The number of likely N-dealkylation sites (tertiary alicyclic amines) is 1. The van der Waals surface area contributed by atoms with Crippen molar-refractivity contribution in [2.24, 2.45) is 11.7 Å². The maximum absolute atomic E-state index is 11.0. The molecule has 1 aromatic carbocycles. The summed E-state index contributed by atoms with van der Waals surface area (Å²) in [7, 11) is 0. The highest BCUT2D eigenvalue weighted by molar-refractivity contribution is 5.43. The number of rotatable bonds is 4. The van der Waals surface area contributed by atoms with Crippen molar-refractivity contribution >= 4 is 5.69 Å². The summed E-state index contributed by atoms with van der Waals surface area (Å²) < 4.78 is 0. The predicted octanol–water partition coefficient (Wildman–Crippen LogP) is 2.63. The minimum Gasteiger partial charge on any atom is -0.328 e. The molecule has 3 unspecified atom stereocenters. The molecule has 1 aliphatic heterocycles. The van der Waals surface area contributed by atoms with E-state index in [1.165, 1.54) is 0 Å². The van der Waals surface area contributed by atoms with Crippen molar-refractivity contribution in [1.82, 2.24) is 4.90 Å². The third kappa shape index (κ3) is 2.99. The van der Waals surface area contributed by atoms with E-state index in [2.05, 4.69) is 18.7 Å². The first kappa shape index (κ1) is 14.9. The van der Waals surface area contributed by atoms with Crippen LogP contribution >= 0.6 is 0 Å². The van der Waals surface area contributed by atoms with E-state index in [-0.39, 0.29) is 22.7 Å². The predicted molar refractivity (Wildman–Crippen MR) is 79.6 cm³/mol. The summed E-state index contributed by atoms with van der Waals surface area (Å²) in [5.41, 5.74) is 7.89. The lowest BCUT2D eigenvalue weighted by Gasteiger charge is -2.25. The lowest BCUT2D eigenvalue weighted by atomic mass is 10.0. The van der Waals surface area contributed by atoms with Crippen molar-refractivity contribution in [3.05, 3.63) is 39.4 Å². The van der Waals surface area contributed by atoms with E-state index in [9.17, 15) is 10.1 Å². The van der Waals surface area contributed by atoms with Gasteiger partial charge in [-0.15, -0.1) is 0 Å². The standard InChI is InChI=1S/C15H23N3O2/c1-10-4-5-13(8-15(10)18(19)20)12(3)17-7-6-14(9-17)11(2)16/h4-5,8,11-12,14H,6-7,9,16H2,1-3H3. The van der Waals surface area contributed by atoms with Gasteiger partial charge in [-0.2, -0.15) is 0 Å². The van der Waals surface area contributed by atoms with Crippen LogP contribution in [0.3, 0.4) is 0 Å². The van der Waals surface area contributed by atoms with Gasteiger partial charge in [-0.05, 0) is 45.2 Å². The van der Waals surface area contributed by atoms with Gasteiger partial charge in [0.25, 0.3) is 5.69 Å². The van der Waals surface area contributed by atoms with Gasteiger partial charge >= 0.3 is 0 Å². The Morgan fingerprint density at radius 2 is 2.15 bits per heavy atom. The molecule has 0 amide bonds. The topological polar surface area (TPSA) is 72.4 Å². The number of hydrogen-bond acceptors (Lipinski definition) is 4. The van der Waals surface area contributed by atoms with Crippen LogP contribution in [0.25, 0.3) is 0 Å². The second kappa shape index (κ2) is 5.89. The highest BCUT2D eigenvalue weighted by Gasteiger charge is 2.29. The molecule has 1 heterocycles. The molecule has 0 bridgehead atoms. The zero-order valence-electron chi connectivity index (χ0n) is 12.4. The summed E-state index contributed by atoms with van der Waals surface area (Å²) in [6, 6.07) is 5.94. The Labute approximate surface area is 119 Å². The van der Waals surface area contributed by atoms with Crippen LogP contribution in [-0.2, 0) is 0 Å². The molecule has 1 aromatic rings. The average molecular weight is 277 g/mol. The van der Waals surface area contributed by atoms with Gasteiger partial charge in [-0.25, -0.2) is 0 Å². The first-order valence-electron chi connectivity index (χ1n) is 7.14. The van der Waals surface area contributed by atoms with Crippen molar-refractivity contribution in [2.75, 3.05) is 13.1 Å². The van der Waals surface area contributed by atoms with E-state index >= 15 is 0 Å². The fraction of sp³-hybridized carbons (Fsp3) is 0.600. The molecule has 3 atom stereocenters. The SMILES string of the molecule is Cc1ccc(C(C)N2CCC(C(C)N)C2)cc1[N+](=O)[O-]. The van der Waals surface area contributed by atoms with E-state index in [0.717, 1.165) is 25.1 Å². The molecule has 2 rings (SSSR count). The van der Waals surface area contributed by atoms with E-state index in [4.69, 9.17) is 5.73 Å². The average Bonchev–Trinajstić information content (AvgIpc) is 2.87. The number of benzene rings is 1. The third-order valence-corrected chi connectivity index (χ3v) is 4.46. The quantitative estimate of drug-likeness (QED) is 0.678. The zero-order valence-corrected chi connectivity index (χ0v) is 12.4. The van der Waals surface area contributed by atoms with Crippen molar-refractivity contribution in [3.63, 3.8) is 0 Å². The number of aryl methyl sites for hydroxylation is 1. The Kier molecular flexibility index (Phi) is 4.40. The molecular weight excluding hydrogens is 254 g/mol. The van der Waals surface area contributed by atoms with Crippen molar-refractivity contribution in [2.45, 2.75) is 39.3 Å². The summed E-state index contributed by atoms with van der Waals surface area (Å²) in [4.78, 5) is 13.1. The van der Waals surface area contributed by atoms with E-state index in [0.29, 0.717) is 11.5 Å². The first-order chi connectivity index (χ1) is 9.40. The Morgan fingerprint density at radius 3 is 2.70 bits per heavy atom. The zero-order chi connectivity index (χ0) is 14.9. The highest BCUT2D eigenvalue weighted by atomic mass is 16.6. The van der Waals surface area contributed by atoms with Crippen LogP contribution in [0.1, 0.15) is 37.4 Å². The van der Waals surface area contributed by atoms with Crippen LogP contribution in [-0.4, -0.2) is 29.0 Å². The van der Waals surface area contributed by atoms with Crippen LogP contribution in [0.4, 0.5) is 5.69 Å². The number of nitrogens with zero attached hydrogens (tertiary/aromatic N) is 2. The minimum atomic E-state index is -0.305. The van der Waals surface area contributed by atoms with Gasteiger partial charge in [0.05, 0.1) is 4.92 Å². The molecule has 5 heteroatoms. The summed E-state index contributed by atoms with van der Waals surface area (Å²) in [5.74, 6) is 0.526. The molecular formula is C15H23N3O2. The highest BCUT2D eigenvalue weighted by Crippen LogP contribution is 2.31. The largest absolute Gasteiger partial charge is 0.328 e. The maximum atomic E-state index is 11.0. The first-order valence-corrected chi connectivity index (χ1v) is 7.14. The lowest BCUT2D eigenvalue weighted by molar-refractivity contribution is -0.385. The van der Waals surface area contributed by atoms with Gasteiger partial charge in [0.15, 0.2) is 0 Å². The Hall–Kier alpha value is -1.46. The molecule has 0 radical (unpaired) electrons. The molecule has 5 nitrogen and oxygen atoms in total. The molecule has 20 heavy (non-hydrogen) atoms.